The summed E-state index contributed by atoms with van der Waals surface area (Å²) < 4.78 is 11.1. The fraction of sp³-hybridized carbons (Fsp3) is 0.875. The van der Waals surface area contributed by atoms with Crippen LogP contribution in [0, 0.1) is 11.8 Å². The van der Waals surface area contributed by atoms with Crippen LogP contribution < -0.4 is 0 Å². The highest BCUT2D eigenvalue weighted by Crippen LogP contribution is 2.59. The summed E-state index contributed by atoms with van der Waals surface area (Å²) in [5.74, 6) is 0.499. The summed E-state index contributed by atoms with van der Waals surface area (Å²) >= 11 is 0. The molecule has 0 radical (unpaired) electrons. The van der Waals surface area contributed by atoms with Gasteiger partial charge in [-0.2, -0.15) is 0 Å². The van der Waals surface area contributed by atoms with E-state index in [9.17, 15) is 0 Å². The van der Waals surface area contributed by atoms with E-state index < -0.39 is 5.79 Å². The van der Waals surface area contributed by atoms with Gasteiger partial charge in [0.2, 0.25) is 5.79 Å². The summed E-state index contributed by atoms with van der Waals surface area (Å²) in [6, 6.07) is 0. The molecule has 1 saturated heterocycles. The van der Waals surface area contributed by atoms with Crippen LogP contribution >= 0.6 is 0 Å². The number of nitrogens with zero attached hydrogens (tertiary/aromatic N) is 1. The fourth-order valence-corrected chi connectivity index (χ4v) is 2.46. The molecule has 0 amide bonds. The van der Waals surface area contributed by atoms with Gasteiger partial charge in [0.05, 0.1) is 13.2 Å². The van der Waals surface area contributed by atoms with Crippen LogP contribution in [0.15, 0.2) is 5.16 Å². The predicted molar refractivity (Wildman–Crippen MR) is 40.1 cm³/mol. The Bertz CT molecular complexity index is 245. The molecule has 2 atom stereocenters. The molecule has 2 aliphatic carbocycles. The van der Waals surface area contributed by atoms with E-state index in [2.05, 4.69) is 5.16 Å². The van der Waals surface area contributed by atoms with Crippen molar-refractivity contribution in [2.75, 3.05) is 13.2 Å². The van der Waals surface area contributed by atoms with Gasteiger partial charge in [-0.15, -0.1) is 0 Å². The average molecular weight is 169 g/mol. The number of ether oxygens (including phenoxy) is 2. The quantitative estimate of drug-likeness (QED) is 0.426. The molecule has 1 spiro atoms. The molecule has 1 N–H and O–H groups in total. The molecule has 66 valence electrons. The molecule has 0 aromatic heterocycles. The Kier molecular flexibility index (Phi) is 1.14. The Morgan fingerprint density at radius 1 is 1.42 bits per heavy atom. The third-order valence-electron chi connectivity index (χ3n) is 3.11. The van der Waals surface area contributed by atoms with Gasteiger partial charge in [-0.1, -0.05) is 5.16 Å². The van der Waals surface area contributed by atoms with Crippen LogP contribution in [0.2, 0.25) is 0 Å². The first-order chi connectivity index (χ1) is 5.87. The first kappa shape index (κ1) is 6.86. The standard InChI is InChI=1S/C8H11NO3/c10-9-7-4-5-3-6(5)8(7)11-1-2-12-8/h5-6,10H,1-4H2/b9-7+/t5-,6-/m1/s1. The van der Waals surface area contributed by atoms with Crippen LogP contribution in [0.25, 0.3) is 0 Å². The van der Waals surface area contributed by atoms with Crippen LogP contribution in [0.3, 0.4) is 0 Å². The minimum atomic E-state index is -0.612. The van der Waals surface area contributed by atoms with Crippen molar-refractivity contribution in [2.45, 2.75) is 18.6 Å². The van der Waals surface area contributed by atoms with Crippen molar-refractivity contribution in [1.29, 1.82) is 0 Å². The van der Waals surface area contributed by atoms with E-state index in [-0.39, 0.29) is 0 Å². The molecule has 1 aliphatic heterocycles. The van der Waals surface area contributed by atoms with Crippen molar-refractivity contribution in [3.8, 4) is 0 Å². The van der Waals surface area contributed by atoms with Crippen LogP contribution in [0.4, 0.5) is 0 Å². The highest BCUT2D eigenvalue weighted by molar-refractivity contribution is 5.95. The molecule has 1 heterocycles. The summed E-state index contributed by atoms with van der Waals surface area (Å²) in [4.78, 5) is 0. The van der Waals surface area contributed by atoms with E-state index in [1.54, 1.807) is 0 Å². The zero-order valence-electron chi connectivity index (χ0n) is 6.69. The van der Waals surface area contributed by atoms with Gasteiger partial charge in [0.1, 0.15) is 5.71 Å². The van der Waals surface area contributed by atoms with Crippen LogP contribution in [-0.4, -0.2) is 29.9 Å². The number of hydrogen-bond donors (Lipinski definition) is 1. The normalized spacial score (nSPS) is 45.5. The molecule has 0 unspecified atom stereocenters. The Labute approximate surface area is 70.1 Å². The molecule has 0 bridgehead atoms. The van der Waals surface area contributed by atoms with Gasteiger partial charge >= 0.3 is 0 Å². The van der Waals surface area contributed by atoms with Crippen molar-refractivity contribution in [2.24, 2.45) is 17.0 Å². The van der Waals surface area contributed by atoms with Crippen LogP contribution in [0.5, 0.6) is 0 Å². The third-order valence-corrected chi connectivity index (χ3v) is 3.11. The number of oxime groups is 1. The van der Waals surface area contributed by atoms with Crippen molar-refractivity contribution < 1.29 is 14.7 Å². The van der Waals surface area contributed by atoms with Crippen molar-refractivity contribution in [1.82, 2.24) is 0 Å². The highest BCUT2D eigenvalue weighted by atomic mass is 16.7. The van der Waals surface area contributed by atoms with Gasteiger partial charge in [-0.3, -0.25) is 0 Å². The minimum Gasteiger partial charge on any atom is -0.411 e. The third kappa shape index (κ3) is 0.630. The first-order valence-electron chi connectivity index (χ1n) is 4.36. The lowest BCUT2D eigenvalue weighted by atomic mass is 10.1. The molecule has 3 rings (SSSR count). The summed E-state index contributed by atoms with van der Waals surface area (Å²) in [5, 5.41) is 12.0. The molecule has 12 heavy (non-hydrogen) atoms. The second-order valence-electron chi connectivity index (χ2n) is 3.72. The van der Waals surface area contributed by atoms with Gasteiger partial charge in [0.15, 0.2) is 0 Å². The number of hydrogen-bond acceptors (Lipinski definition) is 4. The largest absolute Gasteiger partial charge is 0.411 e. The predicted octanol–water partition coefficient (Wildman–Crippen LogP) is 0.599. The van der Waals surface area contributed by atoms with E-state index in [0.29, 0.717) is 30.8 Å². The Morgan fingerprint density at radius 3 is 2.83 bits per heavy atom. The lowest BCUT2D eigenvalue weighted by Crippen LogP contribution is -2.38. The minimum absolute atomic E-state index is 0.464. The number of fused-ring (bicyclic) bond motifs is 2. The lowest BCUT2D eigenvalue weighted by molar-refractivity contribution is -0.112. The molecular formula is C8H11NO3. The molecular weight excluding hydrogens is 158 g/mol. The summed E-state index contributed by atoms with van der Waals surface area (Å²) in [5.41, 5.74) is 0.696. The first-order valence-corrected chi connectivity index (χ1v) is 4.36. The van der Waals surface area contributed by atoms with Gasteiger partial charge in [-0.05, 0) is 18.8 Å². The van der Waals surface area contributed by atoms with Crippen molar-refractivity contribution >= 4 is 5.71 Å². The molecule has 4 nitrogen and oxygen atoms in total. The smallest absolute Gasteiger partial charge is 0.214 e. The Morgan fingerprint density at radius 2 is 2.17 bits per heavy atom. The van der Waals surface area contributed by atoms with Crippen molar-refractivity contribution in [3.63, 3.8) is 0 Å². The maximum atomic E-state index is 8.76. The Balaban J connectivity index is 1.98. The van der Waals surface area contributed by atoms with E-state index in [1.165, 1.54) is 6.42 Å². The molecule has 3 fully saturated rings. The van der Waals surface area contributed by atoms with Gasteiger partial charge in [-0.25, -0.2) is 0 Å². The van der Waals surface area contributed by atoms with Crippen LogP contribution in [-0.2, 0) is 9.47 Å². The van der Waals surface area contributed by atoms with E-state index in [0.717, 1.165) is 6.42 Å². The second kappa shape index (κ2) is 2.00. The van der Waals surface area contributed by atoms with Crippen molar-refractivity contribution in [3.05, 3.63) is 0 Å². The average Bonchev–Trinajstić information content (AvgIpc) is 2.60. The highest BCUT2D eigenvalue weighted by Gasteiger charge is 2.66. The summed E-state index contributed by atoms with van der Waals surface area (Å²) in [6.45, 7) is 1.25. The number of rotatable bonds is 0. The molecule has 2 saturated carbocycles. The maximum absolute atomic E-state index is 8.76. The lowest BCUT2D eigenvalue weighted by Gasteiger charge is -2.23. The topological polar surface area (TPSA) is 51.1 Å². The fourth-order valence-electron chi connectivity index (χ4n) is 2.46. The second-order valence-corrected chi connectivity index (χ2v) is 3.72. The molecule has 4 heteroatoms. The summed E-state index contributed by atoms with van der Waals surface area (Å²) in [6.07, 6.45) is 2.01. The van der Waals surface area contributed by atoms with E-state index >= 15 is 0 Å². The SMILES string of the molecule is O/N=C1\C[C@H]2C[C@H]2C12OCCO2. The zero-order chi connectivity index (χ0) is 8.18. The van der Waals surface area contributed by atoms with Gasteiger partial charge in [0.25, 0.3) is 0 Å². The van der Waals surface area contributed by atoms with Gasteiger partial charge in [0, 0.05) is 5.92 Å². The van der Waals surface area contributed by atoms with Gasteiger partial charge < -0.3 is 14.7 Å². The zero-order valence-corrected chi connectivity index (χ0v) is 6.69. The van der Waals surface area contributed by atoms with E-state index in [4.69, 9.17) is 14.7 Å². The molecule has 0 aromatic rings. The maximum Gasteiger partial charge on any atom is 0.214 e. The van der Waals surface area contributed by atoms with E-state index in [1.807, 2.05) is 0 Å². The molecule has 0 aromatic carbocycles. The van der Waals surface area contributed by atoms with Crippen LogP contribution in [0.1, 0.15) is 12.8 Å². The summed E-state index contributed by atoms with van der Waals surface area (Å²) in [7, 11) is 0. The molecule has 3 aliphatic rings. The Hall–Kier alpha value is -0.610. The monoisotopic (exact) mass is 169 g/mol.